The summed E-state index contributed by atoms with van der Waals surface area (Å²) in [5.41, 5.74) is 4.19. The molecule has 1 amide bonds. The molecule has 0 aromatic carbocycles. The van der Waals surface area contributed by atoms with Crippen molar-refractivity contribution in [2.75, 3.05) is 18.4 Å². The van der Waals surface area contributed by atoms with Gasteiger partial charge in [-0.1, -0.05) is 0 Å². The fourth-order valence-corrected chi connectivity index (χ4v) is 2.81. The maximum Gasteiger partial charge on any atom is 0.252 e. The van der Waals surface area contributed by atoms with Crippen LogP contribution in [0.5, 0.6) is 0 Å². The van der Waals surface area contributed by atoms with Crippen molar-refractivity contribution in [3.63, 3.8) is 0 Å². The van der Waals surface area contributed by atoms with E-state index in [1.165, 1.54) is 18.4 Å². The van der Waals surface area contributed by atoms with Crippen LogP contribution < -0.4 is 10.6 Å². The molecule has 2 aromatic rings. The summed E-state index contributed by atoms with van der Waals surface area (Å²) in [5.74, 6) is 0.763. The van der Waals surface area contributed by atoms with Crippen molar-refractivity contribution in [1.82, 2.24) is 15.3 Å². The molecule has 3 rings (SSSR count). The Morgan fingerprint density at radius 2 is 2.04 bits per heavy atom. The van der Waals surface area contributed by atoms with Gasteiger partial charge in [0.15, 0.2) is 0 Å². The summed E-state index contributed by atoms with van der Waals surface area (Å²) in [4.78, 5) is 20.9. The van der Waals surface area contributed by atoms with Crippen LogP contribution in [-0.4, -0.2) is 29.0 Å². The van der Waals surface area contributed by atoms with E-state index in [0.29, 0.717) is 18.7 Å². The SMILES string of the molecule is Cc1ccnc(NCCNC(=O)c2cnc3c(c2)CCCC3)c1. The maximum atomic E-state index is 12.2. The molecule has 1 aliphatic carbocycles. The van der Waals surface area contributed by atoms with Gasteiger partial charge in [0.2, 0.25) is 0 Å². The first-order valence-electron chi connectivity index (χ1n) is 8.15. The van der Waals surface area contributed by atoms with E-state index in [1.54, 1.807) is 12.4 Å². The largest absolute Gasteiger partial charge is 0.368 e. The Bertz CT molecular complexity index is 699. The molecule has 0 unspecified atom stereocenters. The summed E-state index contributed by atoms with van der Waals surface area (Å²) in [6.07, 6.45) is 7.91. The predicted molar refractivity (Wildman–Crippen MR) is 90.7 cm³/mol. The lowest BCUT2D eigenvalue weighted by Crippen LogP contribution is -2.29. The molecule has 2 heterocycles. The highest BCUT2D eigenvalue weighted by Crippen LogP contribution is 2.19. The number of hydrogen-bond acceptors (Lipinski definition) is 4. The number of fused-ring (bicyclic) bond motifs is 1. The smallest absolute Gasteiger partial charge is 0.252 e. The van der Waals surface area contributed by atoms with Crippen molar-refractivity contribution in [3.8, 4) is 0 Å². The fourth-order valence-electron chi connectivity index (χ4n) is 2.81. The predicted octanol–water partition coefficient (Wildman–Crippen LogP) is 2.51. The van der Waals surface area contributed by atoms with Crippen LogP contribution in [0.1, 0.15) is 40.0 Å². The van der Waals surface area contributed by atoms with Gasteiger partial charge in [0.1, 0.15) is 5.82 Å². The van der Waals surface area contributed by atoms with Gasteiger partial charge in [-0.25, -0.2) is 4.98 Å². The Morgan fingerprint density at radius 3 is 2.91 bits per heavy atom. The molecule has 0 saturated heterocycles. The molecule has 0 fully saturated rings. The Hall–Kier alpha value is -2.43. The van der Waals surface area contributed by atoms with Gasteiger partial charge in [-0.05, 0) is 61.9 Å². The standard InChI is InChI=1S/C18H22N4O/c1-13-6-7-19-17(10-13)20-8-9-21-18(23)15-11-14-4-2-3-5-16(14)22-12-15/h6-7,10-12H,2-5,8-9H2,1H3,(H,19,20)(H,21,23). The van der Waals surface area contributed by atoms with E-state index in [-0.39, 0.29) is 5.91 Å². The van der Waals surface area contributed by atoms with Crippen molar-refractivity contribution in [1.29, 1.82) is 0 Å². The van der Waals surface area contributed by atoms with Crippen LogP contribution in [0.3, 0.4) is 0 Å². The normalized spacial score (nSPS) is 13.3. The van der Waals surface area contributed by atoms with Crippen LogP contribution in [0.2, 0.25) is 0 Å². The number of aromatic nitrogens is 2. The first kappa shape index (κ1) is 15.5. The van der Waals surface area contributed by atoms with Crippen molar-refractivity contribution in [3.05, 3.63) is 53.0 Å². The Labute approximate surface area is 136 Å². The van der Waals surface area contributed by atoms with Gasteiger partial charge in [0.25, 0.3) is 5.91 Å². The number of hydrogen-bond donors (Lipinski definition) is 2. The van der Waals surface area contributed by atoms with E-state index < -0.39 is 0 Å². The summed E-state index contributed by atoms with van der Waals surface area (Å²) in [7, 11) is 0. The molecule has 0 saturated carbocycles. The third-order valence-electron chi connectivity index (χ3n) is 4.06. The molecule has 5 nitrogen and oxygen atoms in total. The lowest BCUT2D eigenvalue weighted by atomic mass is 9.95. The number of aryl methyl sites for hydroxylation is 3. The second-order valence-electron chi connectivity index (χ2n) is 5.94. The highest BCUT2D eigenvalue weighted by Gasteiger charge is 2.13. The van der Waals surface area contributed by atoms with Gasteiger partial charge < -0.3 is 10.6 Å². The molecular weight excluding hydrogens is 288 g/mol. The third-order valence-corrected chi connectivity index (χ3v) is 4.06. The second kappa shape index (κ2) is 7.22. The summed E-state index contributed by atoms with van der Waals surface area (Å²) in [5, 5.41) is 6.12. The van der Waals surface area contributed by atoms with E-state index >= 15 is 0 Å². The van der Waals surface area contributed by atoms with E-state index in [0.717, 1.165) is 29.9 Å². The molecule has 1 aliphatic rings. The Balaban J connectivity index is 1.49. The van der Waals surface area contributed by atoms with E-state index in [1.807, 2.05) is 25.1 Å². The zero-order valence-corrected chi connectivity index (χ0v) is 13.4. The summed E-state index contributed by atoms with van der Waals surface area (Å²) < 4.78 is 0. The maximum absolute atomic E-state index is 12.2. The molecule has 0 aliphatic heterocycles. The van der Waals surface area contributed by atoms with Crippen molar-refractivity contribution in [2.45, 2.75) is 32.6 Å². The summed E-state index contributed by atoms with van der Waals surface area (Å²) >= 11 is 0. The molecule has 120 valence electrons. The van der Waals surface area contributed by atoms with Crippen LogP contribution >= 0.6 is 0 Å². The van der Waals surface area contributed by atoms with Crippen LogP contribution in [0.25, 0.3) is 0 Å². The highest BCUT2D eigenvalue weighted by molar-refractivity contribution is 5.94. The van der Waals surface area contributed by atoms with Gasteiger partial charge in [-0.2, -0.15) is 0 Å². The number of nitrogens with zero attached hydrogens (tertiary/aromatic N) is 2. The minimum atomic E-state index is -0.0649. The van der Waals surface area contributed by atoms with Crippen LogP contribution in [0, 0.1) is 6.92 Å². The molecule has 0 radical (unpaired) electrons. The second-order valence-corrected chi connectivity index (χ2v) is 5.94. The lowest BCUT2D eigenvalue weighted by molar-refractivity contribution is 0.0954. The zero-order chi connectivity index (χ0) is 16.1. The molecular formula is C18H22N4O. The fraction of sp³-hybridized carbons (Fsp3) is 0.389. The van der Waals surface area contributed by atoms with E-state index in [2.05, 4.69) is 20.6 Å². The monoisotopic (exact) mass is 310 g/mol. The van der Waals surface area contributed by atoms with Gasteiger partial charge >= 0.3 is 0 Å². The van der Waals surface area contributed by atoms with Crippen LogP contribution in [0.15, 0.2) is 30.6 Å². The van der Waals surface area contributed by atoms with Gasteiger partial charge in [-0.3, -0.25) is 9.78 Å². The van der Waals surface area contributed by atoms with E-state index in [4.69, 9.17) is 0 Å². The summed E-state index contributed by atoms with van der Waals surface area (Å²) in [6, 6.07) is 5.93. The van der Waals surface area contributed by atoms with Gasteiger partial charge in [0, 0.05) is 31.2 Å². The average Bonchev–Trinajstić information content (AvgIpc) is 2.58. The Morgan fingerprint density at radius 1 is 1.17 bits per heavy atom. The number of nitrogens with one attached hydrogen (secondary N) is 2. The number of rotatable bonds is 5. The average molecular weight is 310 g/mol. The van der Waals surface area contributed by atoms with Crippen LogP contribution in [-0.2, 0) is 12.8 Å². The van der Waals surface area contributed by atoms with Crippen molar-refractivity contribution >= 4 is 11.7 Å². The first-order valence-corrected chi connectivity index (χ1v) is 8.15. The third kappa shape index (κ3) is 4.06. The zero-order valence-electron chi connectivity index (χ0n) is 13.4. The Kier molecular flexibility index (Phi) is 4.86. The van der Waals surface area contributed by atoms with Gasteiger partial charge in [0.05, 0.1) is 5.56 Å². The van der Waals surface area contributed by atoms with Crippen molar-refractivity contribution in [2.24, 2.45) is 0 Å². The van der Waals surface area contributed by atoms with Crippen molar-refractivity contribution < 1.29 is 4.79 Å². The minimum absolute atomic E-state index is 0.0649. The minimum Gasteiger partial charge on any atom is -0.368 e. The topological polar surface area (TPSA) is 66.9 Å². The molecule has 23 heavy (non-hydrogen) atoms. The number of pyridine rings is 2. The quantitative estimate of drug-likeness (QED) is 0.833. The number of anilines is 1. The first-order chi connectivity index (χ1) is 11.2. The number of amides is 1. The number of carbonyl (C=O) groups excluding carboxylic acids is 1. The number of carbonyl (C=O) groups is 1. The molecule has 0 bridgehead atoms. The molecule has 2 aromatic heterocycles. The van der Waals surface area contributed by atoms with Crippen LogP contribution in [0.4, 0.5) is 5.82 Å². The summed E-state index contributed by atoms with van der Waals surface area (Å²) in [6.45, 7) is 3.21. The molecule has 0 spiro atoms. The van der Waals surface area contributed by atoms with Gasteiger partial charge in [-0.15, -0.1) is 0 Å². The highest BCUT2D eigenvalue weighted by atomic mass is 16.1. The molecule has 0 atom stereocenters. The molecule has 5 heteroatoms. The molecule has 2 N–H and O–H groups in total. The van der Waals surface area contributed by atoms with E-state index in [9.17, 15) is 4.79 Å². The lowest BCUT2D eigenvalue weighted by Gasteiger charge is -2.15.